The molecule has 1 aromatic carbocycles. The van der Waals surface area contributed by atoms with E-state index >= 15 is 0 Å². The van der Waals surface area contributed by atoms with E-state index in [1.165, 1.54) is 0 Å². The van der Waals surface area contributed by atoms with Gasteiger partial charge < -0.3 is 15.2 Å². The van der Waals surface area contributed by atoms with E-state index in [0.29, 0.717) is 18.8 Å². The summed E-state index contributed by atoms with van der Waals surface area (Å²) in [5, 5.41) is 12.4. The number of hydrogen-bond acceptors (Lipinski definition) is 3. The predicted molar refractivity (Wildman–Crippen MR) is 70.5 cm³/mol. The smallest absolute Gasteiger partial charge is 0.223 e. The summed E-state index contributed by atoms with van der Waals surface area (Å²) in [4.78, 5) is 11.4. The molecule has 1 amide bonds. The van der Waals surface area contributed by atoms with Crippen LogP contribution in [0, 0.1) is 0 Å². The number of hydrogen-bond donors (Lipinski definition) is 2. The van der Waals surface area contributed by atoms with Crippen molar-refractivity contribution in [1.82, 2.24) is 5.32 Å². The van der Waals surface area contributed by atoms with Gasteiger partial charge in [-0.05, 0) is 26.8 Å². The first-order valence-corrected chi connectivity index (χ1v) is 6.20. The molecule has 0 unspecified atom stereocenters. The number of aliphatic hydroxyl groups is 1. The van der Waals surface area contributed by atoms with E-state index < -0.39 is 6.10 Å². The minimum atomic E-state index is -0.578. The minimum Gasteiger partial charge on any atom is -0.493 e. The molecule has 0 spiro atoms. The van der Waals surface area contributed by atoms with E-state index in [4.69, 9.17) is 4.74 Å². The standard InChI is InChI=1S/C14H21NO3/c1-10(2)15-14(17)8-9-18-13-7-5-4-6-12(13)11(3)16/h4-7,10-11,16H,8-9H2,1-3H3,(H,15,17)/t11-/m1/s1. The summed E-state index contributed by atoms with van der Waals surface area (Å²) in [7, 11) is 0. The third kappa shape index (κ3) is 4.75. The van der Waals surface area contributed by atoms with E-state index in [1.807, 2.05) is 32.0 Å². The van der Waals surface area contributed by atoms with Gasteiger partial charge in [0.15, 0.2) is 0 Å². The van der Waals surface area contributed by atoms with Crippen molar-refractivity contribution in [2.75, 3.05) is 6.61 Å². The van der Waals surface area contributed by atoms with Crippen molar-refractivity contribution < 1.29 is 14.6 Å². The first kappa shape index (κ1) is 14.5. The largest absolute Gasteiger partial charge is 0.493 e. The fourth-order valence-corrected chi connectivity index (χ4v) is 1.60. The normalized spacial score (nSPS) is 12.3. The maximum atomic E-state index is 11.4. The highest BCUT2D eigenvalue weighted by molar-refractivity contribution is 5.76. The van der Waals surface area contributed by atoms with Gasteiger partial charge in [0.1, 0.15) is 5.75 Å². The lowest BCUT2D eigenvalue weighted by Crippen LogP contribution is -2.31. The zero-order valence-electron chi connectivity index (χ0n) is 11.1. The first-order valence-electron chi connectivity index (χ1n) is 6.20. The van der Waals surface area contributed by atoms with Crippen molar-refractivity contribution in [1.29, 1.82) is 0 Å². The minimum absolute atomic E-state index is 0.0282. The Kier molecular flexibility index (Phi) is 5.65. The van der Waals surface area contributed by atoms with Gasteiger partial charge in [-0.1, -0.05) is 18.2 Å². The Morgan fingerprint density at radius 3 is 2.61 bits per heavy atom. The molecule has 1 atom stereocenters. The number of benzene rings is 1. The maximum absolute atomic E-state index is 11.4. The summed E-state index contributed by atoms with van der Waals surface area (Å²) in [5.41, 5.74) is 0.738. The van der Waals surface area contributed by atoms with Gasteiger partial charge in [-0.25, -0.2) is 0 Å². The van der Waals surface area contributed by atoms with Gasteiger partial charge in [-0.3, -0.25) is 4.79 Å². The second kappa shape index (κ2) is 7.01. The van der Waals surface area contributed by atoms with Gasteiger partial charge in [0.25, 0.3) is 0 Å². The first-order chi connectivity index (χ1) is 8.50. The molecule has 1 aromatic rings. The third-order valence-corrected chi connectivity index (χ3v) is 2.41. The Balaban J connectivity index is 2.46. The molecule has 0 fully saturated rings. The van der Waals surface area contributed by atoms with Crippen LogP contribution in [-0.2, 0) is 4.79 Å². The molecule has 100 valence electrons. The molecule has 4 nitrogen and oxygen atoms in total. The molecule has 18 heavy (non-hydrogen) atoms. The van der Waals surface area contributed by atoms with Crippen molar-refractivity contribution in [2.24, 2.45) is 0 Å². The molecule has 0 radical (unpaired) electrons. The van der Waals surface area contributed by atoms with Crippen LogP contribution in [0.4, 0.5) is 0 Å². The predicted octanol–water partition coefficient (Wildman–Crippen LogP) is 2.03. The number of rotatable bonds is 6. The number of para-hydroxylation sites is 1. The Labute approximate surface area is 108 Å². The van der Waals surface area contributed by atoms with Crippen molar-refractivity contribution in [3.8, 4) is 5.75 Å². The Morgan fingerprint density at radius 2 is 2.00 bits per heavy atom. The van der Waals surface area contributed by atoms with Crippen LogP contribution in [0.25, 0.3) is 0 Å². The number of amides is 1. The van der Waals surface area contributed by atoms with E-state index in [-0.39, 0.29) is 11.9 Å². The average molecular weight is 251 g/mol. The lowest BCUT2D eigenvalue weighted by atomic mass is 10.1. The second-order valence-electron chi connectivity index (χ2n) is 4.53. The third-order valence-electron chi connectivity index (χ3n) is 2.41. The molecule has 0 heterocycles. The summed E-state index contributed by atoms with van der Waals surface area (Å²) in [5.74, 6) is 0.601. The summed E-state index contributed by atoms with van der Waals surface area (Å²) < 4.78 is 5.53. The second-order valence-corrected chi connectivity index (χ2v) is 4.53. The zero-order valence-corrected chi connectivity index (χ0v) is 11.1. The average Bonchev–Trinajstić information content (AvgIpc) is 2.28. The number of nitrogens with one attached hydrogen (secondary N) is 1. The van der Waals surface area contributed by atoms with Crippen LogP contribution >= 0.6 is 0 Å². The van der Waals surface area contributed by atoms with Crippen LogP contribution in [0.5, 0.6) is 5.75 Å². The topological polar surface area (TPSA) is 58.6 Å². The highest BCUT2D eigenvalue weighted by Gasteiger charge is 2.09. The Morgan fingerprint density at radius 1 is 1.33 bits per heavy atom. The molecule has 0 saturated carbocycles. The fourth-order valence-electron chi connectivity index (χ4n) is 1.60. The summed E-state index contributed by atoms with van der Waals surface area (Å²) >= 11 is 0. The maximum Gasteiger partial charge on any atom is 0.223 e. The van der Waals surface area contributed by atoms with Gasteiger partial charge in [-0.2, -0.15) is 0 Å². The monoisotopic (exact) mass is 251 g/mol. The van der Waals surface area contributed by atoms with Gasteiger partial charge in [-0.15, -0.1) is 0 Å². The van der Waals surface area contributed by atoms with Gasteiger partial charge in [0, 0.05) is 11.6 Å². The van der Waals surface area contributed by atoms with Gasteiger partial charge in [0.05, 0.1) is 19.1 Å². The molecule has 2 N–H and O–H groups in total. The Bertz CT molecular complexity index is 388. The number of carbonyl (C=O) groups excluding carboxylic acids is 1. The zero-order chi connectivity index (χ0) is 13.5. The fraction of sp³-hybridized carbons (Fsp3) is 0.500. The van der Waals surface area contributed by atoms with Gasteiger partial charge in [0.2, 0.25) is 5.91 Å². The van der Waals surface area contributed by atoms with Crippen LogP contribution in [0.3, 0.4) is 0 Å². The molecule has 0 saturated heterocycles. The van der Waals surface area contributed by atoms with Crippen molar-refractivity contribution in [3.63, 3.8) is 0 Å². The van der Waals surface area contributed by atoms with Crippen LogP contribution in [-0.4, -0.2) is 23.7 Å². The molecule has 0 aliphatic carbocycles. The van der Waals surface area contributed by atoms with Crippen molar-refractivity contribution >= 4 is 5.91 Å². The molecular formula is C14H21NO3. The molecule has 4 heteroatoms. The van der Waals surface area contributed by atoms with Crippen LogP contribution in [0.1, 0.15) is 38.9 Å². The summed E-state index contributed by atoms with van der Waals surface area (Å²) in [6.45, 7) is 5.83. The molecular weight excluding hydrogens is 230 g/mol. The number of carbonyl (C=O) groups is 1. The van der Waals surface area contributed by atoms with Crippen LogP contribution in [0.2, 0.25) is 0 Å². The summed E-state index contributed by atoms with van der Waals surface area (Å²) in [6, 6.07) is 7.44. The van der Waals surface area contributed by atoms with Crippen molar-refractivity contribution in [2.45, 2.75) is 39.3 Å². The lowest BCUT2D eigenvalue weighted by molar-refractivity contribution is -0.122. The quantitative estimate of drug-likeness (QED) is 0.813. The highest BCUT2D eigenvalue weighted by Crippen LogP contribution is 2.24. The molecule has 0 aromatic heterocycles. The van der Waals surface area contributed by atoms with E-state index in [2.05, 4.69) is 5.32 Å². The Hall–Kier alpha value is -1.55. The van der Waals surface area contributed by atoms with E-state index in [1.54, 1.807) is 13.0 Å². The van der Waals surface area contributed by atoms with Crippen molar-refractivity contribution in [3.05, 3.63) is 29.8 Å². The molecule has 1 rings (SSSR count). The number of aliphatic hydroxyl groups excluding tert-OH is 1. The SMILES string of the molecule is CC(C)NC(=O)CCOc1ccccc1[C@@H](C)O. The molecule has 0 aliphatic heterocycles. The molecule has 0 aliphatic rings. The molecule has 0 bridgehead atoms. The van der Waals surface area contributed by atoms with Gasteiger partial charge >= 0.3 is 0 Å². The summed E-state index contributed by atoms with van der Waals surface area (Å²) in [6.07, 6.45) is -0.266. The lowest BCUT2D eigenvalue weighted by Gasteiger charge is -2.13. The van der Waals surface area contributed by atoms with E-state index in [0.717, 1.165) is 5.56 Å². The van der Waals surface area contributed by atoms with Crippen LogP contribution in [0.15, 0.2) is 24.3 Å². The number of ether oxygens (including phenoxy) is 1. The highest BCUT2D eigenvalue weighted by atomic mass is 16.5. The van der Waals surface area contributed by atoms with Crippen LogP contribution < -0.4 is 10.1 Å². The van der Waals surface area contributed by atoms with E-state index in [9.17, 15) is 9.90 Å².